The molecule has 1 atom stereocenters. The van der Waals surface area contributed by atoms with Crippen LogP contribution in [0.3, 0.4) is 0 Å². The van der Waals surface area contributed by atoms with E-state index in [1.54, 1.807) is 0 Å². The average molecular weight is 375 g/mol. The van der Waals surface area contributed by atoms with E-state index < -0.39 is 0 Å². The minimum atomic E-state index is -0.0776. The Labute approximate surface area is 158 Å². The maximum atomic E-state index is 12.6. The van der Waals surface area contributed by atoms with Crippen LogP contribution in [0.25, 0.3) is 0 Å². The number of amides is 2. The highest BCUT2D eigenvalue weighted by Crippen LogP contribution is 2.28. The second-order valence-corrected chi connectivity index (χ2v) is 7.47. The summed E-state index contributed by atoms with van der Waals surface area (Å²) < 4.78 is 5.33. The van der Waals surface area contributed by atoms with Crippen molar-refractivity contribution in [2.45, 2.75) is 38.5 Å². The lowest BCUT2D eigenvalue weighted by molar-refractivity contribution is 0.150. The van der Waals surface area contributed by atoms with Crippen molar-refractivity contribution in [3.63, 3.8) is 0 Å². The van der Waals surface area contributed by atoms with E-state index in [1.807, 2.05) is 17.9 Å². The smallest absolute Gasteiger partial charge is 0.323 e. The third-order valence-corrected chi connectivity index (χ3v) is 5.53. The van der Waals surface area contributed by atoms with E-state index in [0.717, 1.165) is 43.8 Å². The number of carbonyl (C=O) groups excluding carboxylic acids is 1. The first-order valence-electron chi connectivity index (χ1n) is 9.27. The van der Waals surface area contributed by atoms with Gasteiger partial charge in [-0.2, -0.15) is 0 Å². The Kier molecular flexibility index (Phi) is 6.96. The zero-order chi connectivity index (χ0) is 18.2. The van der Waals surface area contributed by atoms with Gasteiger partial charge in [-0.15, -0.1) is 10.2 Å². The van der Waals surface area contributed by atoms with Crippen molar-refractivity contribution in [3.8, 4) is 0 Å². The second kappa shape index (κ2) is 9.64. The Morgan fingerprint density at radius 1 is 1.27 bits per heavy atom. The number of nitrogens with one attached hydrogen (secondary N) is 1. The number of rotatable bonds is 6. The van der Waals surface area contributed by atoms with E-state index in [4.69, 9.17) is 4.74 Å². The first-order chi connectivity index (χ1) is 12.8. The predicted octanol–water partition coefficient (Wildman–Crippen LogP) is 3.92. The van der Waals surface area contributed by atoms with Crippen molar-refractivity contribution >= 4 is 22.5 Å². The maximum Gasteiger partial charge on any atom is 0.323 e. The van der Waals surface area contributed by atoms with Gasteiger partial charge in [0.25, 0.3) is 0 Å². The molecule has 2 heterocycles. The number of aromatic nitrogens is 2. The summed E-state index contributed by atoms with van der Waals surface area (Å²) in [6, 6.07) is 10.5. The number of ether oxygens (including phenoxy) is 1. The summed E-state index contributed by atoms with van der Waals surface area (Å²) in [6.07, 6.45) is 3.86. The molecule has 6 nitrogen and oxygen atoms in total. The highest BCUT2D eigenvalue weighted by molar-refractivity contribution is 7.15. The Morgan fingerprint density at radius 3 is 2.92 bits per heavy atom. The molecule has 1 saturated heterocycles. The van der Waals surface area contributed by atoms with Crippen molar-refractivity contribution in [1.29, 1.82) is 0 Å². The van der Waals surface area contributed by atoms with Gasteiger partial charge in [0.2, 0.25) is 5.13 Å². The lowest BCUT2D eigenvalue weighted by Gasteiger charge is -2.20. The van der Waals surface area contributed by atoms with Gasteiger partial charge in [0, 0.05) is 26.1 Å². The highest BCUT2D eigenvalue weighted by Gasteiger charge is 2.22. The Balaban J connectivity index is 1.50. The molecular formula is C19H26N4O2S. The van der Waals surface area contributed by atoms with Gasteiger partial charge in [0.1, 0.15) is 5.01 Å². The van der Waals surface area contributed by atoms with E-state index in [1.165, 1.54) is 16.9 Å². The van der Waals surface area contributed by atoms with E-state index >= 15 is 0 Å². The van der Waals surface area contributed by atoms with E-state index in [2.05, 4.69) is 39.8 Å². The lowest BCUT2D eigenvalue weighted by atomic mass is 9.92. The zero-order valence-electron chi connectivity index (χ0n) is 15.2. The number of anilines is 1. The first-order valence-corrected chi connectivity index (χ1v) is 10.1. The number of hydrogen-bond acceptors (Lipinski definition) is 5. The van der Waals surface area contributed by atoms with Crippen LogP contribution in [0, 0.1) is 0 Å². The van der Waals surface area contributed by atoms with Crippen molar-refractivity contribution in [3.05, 3.63) is 40.9 Å². The van der Waals surface area contributed by atoms with E-state index in [0.29, 0.717) is 24.3 Å². The molecular weight excluding hydrogens is 348 g/mol. The number of benzene rings is 1. The minimum absolute atomic E-state index is 0.0776. The van der Waals surface area contributed by atoms with Crippen LogP contribution in [-0.2, 0) is 11.2 Å². The molecule has 0 unspecified atom stereocenters. The number of carbonyl (C=O) groups is 1. The molecule has 7 heteroatoms. The monoisotopic (exact) mass is 374 g/mol. The Bertz CT molecular complexity index is 692. The van der Waals surface area contributed by atoms with Crippen LogP contribution in [0.1, 0.15) is 42.7 Å². The predicted molar refractivity (Wildman–Crippen MR) is 104 cm³/mol. The second-order valence-electron chi connectivity index (χ2n) is 6.40. The molecule has 1 aromatic heterocycles. The number of hydrogen-bond donors (Lipinski definition) is 1. The van der Waals surface area contributed by atoms with Crippen LogP contribution in [0.15, 0.2) is 30.3 Å². The van der Waals surface area contributed by atoms with Crippen LogP contribution in [-0.4, -0.2) is 47.4 Å². The van der Waals surface area contributed by atoms with Crippen LogP contribution in [0.2, 0.25) is 0 Å². The number of urea groups is 1. The molecule has 0 bridgehead atoms. The van der Waals surface area contributed by atoms with Gasteiger partial charge >= 0.3 is 6.03 Å². The normalized spacial score (nSPS) is 17.7. The summed E-state index contributed by atoms with van der Waals surface area (Å²) in [4.78, 5) is 14.5. The zero-order valence-corrected chi connectivity index (χ0v) is 16.0. The molecule has 0 radical (unpaired) electrons. The van der Waals surface area contributed by atoms with Crippen LogP contribution < -0.4 is 5.32 Å². The van der Waals surface area contributed by atoms with Crippen molar-refractivity contribution in [2.24, 2.45) is 0 Å². The fourth-order valence-corrected chi connectivity index (χ4v) is 3.95. The largest absolute Gasteiger partial charge is 0.381 e. The van der Waals surface area contributed by atoms with Crippen molar-refractivity contribution < 1.29 is 9.53 Å². The fraction of sp³-hybridized carbons (Fsp3) is 0.526. The van der Waals surface area contributed by atoms with Gasteiger partial charge in [0.15, 0.2) is 0 Å². The topological polar surface area (TPSA) is 67.4 Å². The minimum Gasteiger partial charge on any atom is -0.381 e. The molecule has 1 aliphatic rings. The van der Waals surface area contributed by atoms with Gasteiger partial charge in [-0.25, -0.2) is 4.79 Å². The van der Waals surface area contributed by atoms with E-state index in [9.17, 15) is 4.79 Å². The van der Waals surface area contributed by atoms with Crippen molar-refractivity contribution in [2.75, 3.05) is 31.6 Å². The van der Waals surface area contributed by atoms with Crippen LogP contribution in [0.5, 0.6) is 0 Å². The summed E-state index contributed by atoms with van der Waals surface area (Å²) in [5.74, 6) is 0.528. The number of likely N-dealkylation sites (tertiary alicyclic amines) is 1. The molecule has 1 aromatic carbocycles. The molecule has 26 heavy (non-hydrogen) atoms. The van der Waals surface area contributed by atoms with Crippen LogP contribution in [0.4, 0.5) is 9.93 Å². The Hall–Kier alpha value is -1.99. The van der Waals surface area contributed by atoms with Gasteiger partial charge in [-0.05, 0) is 37.7 Å². The van der Waals surface area contributed by atoms with Gasteiger partial charge in [-0.3, -0.25) is 5.32 Å². The molecule has 2 aromatic rings. The van der Waals surface area contributed by atoms with Gasteiger partial charge < -0.3 is 9.64 Å². The first kappa shape index (κ1) is 18.8. The van der Waals surface area contributed by atoms with Crippen molar-refractivity contribution in [1.82, 2.24) is 15.1 Å². The average Bonchev–Trinajstić information content (AvgIpc) is 2.95. The maximum absolute atomic E-state index is 12.6. The molecule has 1 N–H and O–H groups in total. The van der Waals surface area contributed by atoms with E-state index in [-0.39, 0.29) is 6.03 Å². The fourth-order valence-electron chi connectivity index (χ4n) is 3.24. The van der Waals surface area contributed by atoms with Gasteiger partial charge in [0.05, 0.1) is 6.61 Å². The molecule has 1 fully saturated rings. The lowest BCUT2D eigenvalue weighted by Crippen LogP contribution is -2.35. The summed E-state index contributed by atoms with van der Waals surface area (Å²) in [6.45, 7) is 4.84. The third-order valence-electron chi connectivity index (χ3n) is 4.63. The summed E-state index contributed by atoms with van der Waals surface area (Å²) in [5, 5.41) is 12.5. The summed E-state index contributed by atoms with van der Waals surface area (Å²) >= 11 is 1.42. The Morgan fingerprint density at radius 2 is 2.12 bits per heavy atom. The molecule has 0 saturated carbocycles. The third kappa shape index (κ3) is 5.25. The molecule has 2 amide bonds. The summed E-state index contributed by atoms with van der Waals surface area (Å²) in [7, 11) is 0. The molecule has 3 rings (SSSR count). The molecule has 1 aliphatic heterocycles. The standard InChI is InChI=1S/C19H26N4O2S/c1-2-25-14-11-17-21-22-18(26-17)20-19(24)23-12-6-9-16(10-13-23)15-7-4-3-5-8-15/h3-5,7-8,16H,2,6,9-14H2,1H3,(H,20,22,24)/t16-/m0/s1. The number of nitrogens with zero attached hydrogens (tertiary/aromatic N) is 3. The molecule has 0 spiro atoms. The van der Waals surface area contributed by atoms with Gasteiger partial charge in [-0.1, -0.05) is 41.7 Å². The van der Waals surface area contributed by atoms with Crippen LogP contribution >= 0.6 is 11.3 Å². The molecule has 140 valence electrons. The highest BCUT2D eigenvalue weighted by atomic mass is 32.1. The molecule has 0 aliphatic carbocycles. The quantitative estimate of drug-likeness (QED) is 0.778. The SMILES string of the molecule is CCOCCc1nnc(NC(=O)N2CCC[C@H](c3ccccc3)CC2)s1. The summed E-state index contributed by atoms with van der Waals surface area (Å²) in [5.41, 5.74) is 1.37.